The lowest BCUT2D eigenvalue weighted by molar-refractivity contribution is -0.114. The van der Waals surface area contributed by atoms with Crippen molar-refractivity contribution in [3.63, 3.8) is 0 Å². The van der Waals surface area contributed by atoms with Crippen molar-refractivity contribution in [1.82, 2.24) is 5.01 Å². The topological polar surface area (TPSA) is 68.9 Å². The van der Waals surface area contributed by atoms with E-state index in [2.05, 4.69) is 23.9 Å². The van der Waals surface area contributed by atoms with E-state index >= 15 is 0 Å². The average molecular weight is 347 g/mol. The number of carbonyl (C=O) groups is 1. The molecule has 0 aliphatic carbocycles. The smallest absolute Gasteiger partial charge is 0.282 e. The molecule has 2 aliphatic rings. The molecular weight excluding hydrogens is 332 g/mol. The van der Waals surface area contributed by atoms with Crippen LogP contribution >= 0.6 is 23.4 Å². The van der Waals surface area contributed by atoms with Gasteiger partial charge in [-0.25, -0.2) is 0 Å². The fourth-order valence-corrected chi connectivity index (χ4v) is 3.52. The Hall–Kier alpha value is -1.92. The maximum atomic E-state index is 12.2. The van der Waals surface area contributed by atoms with Crippen molar-refractivity contribution >= 4 is 51.4 Å². The number of rotatable bonds is 3. The zero-order valence-electron chi connectivity index (χ0n) is 12.7. The van der Waals surface area contributed by atoms with E-state index in [4.69, 9.17) is 17.0 Å². The lowest BCUT2D eigenvalue weighted by atomic mass is 10.1. The van der Waals surface area contributed by atoms with Crippen LogP contribution < -0.4 is 0 Å². The second-order valence-corrected chi connectivity index (χ2v) is 7.14. The standard InChI is InChI=1S/C16H15ClN4OS/c1-9(2)6-13-20-21-14(18)12(15(22)19-16(21)23-13)8-10-4-3-5-11(17)7-10/h3-5,7-9,18H,6H2,1-2H3/b12-8-,18-14?. The molecule has 118 valence electrons. The highest BCUT2D eigenvalue weighted by atomic mass is 35.5. The molecule has 0 saturated heterocycles. The number of amidine groups is 2. The predicted molar refractivity (Wildman–Crippen MR) is 95.9 cm³/mol. The lowest BCUT2D eigenvalue weighted by Crippen LogP contribution is -2.35. The van der Waals surface area contributed by atoms with Gasteiger partial charge >= 0.3 is 0 Å². The second kappa shape index (κ2) is 6.29. The van der Waals surface area contributed by atoms with Gasteiger partial charge in [0.25, 0.3) is 5.91 Å². The normalized spacial score (nSPS) is 19.3. The number of hydrogen-bond donors (Lipinski definition) is 1. The van der Waals surface area contributed by atoms with Crippen molar-refractivity contribution in [2.24, 2.45) is 16.0 Å². The van der Waals surface area contributed by atoms with Crippen LogP contribution in [0.3, 0.4) is 0 Å². The number of carbonyl (C=O) groups excluding carboxylic acids is 1. The van der Waals surface area contributed by atoms with E-state index in [0.29, 0.717) is 16.1 Å². The number of hydrazone groups is 1. The van der Waals surface area contributed by atoms with E-state index in [1.54, 1.807) is 24.3 Å². The molecule has 0 aromatic heterocycles. The first kappa shape index (κ1) is 16.0. The Kier molecular flexibility index (Phi) is 4.37. The monoisotopic (exact) mass is 346 g/mol. The van der Waals surface area contributed by atoms with Gasteiger partial charge in [-0.1, -0.05) is 37.6 Å². The van der Waals surface area contributed by atoms with Crippen LogP contribution in [0.5, 0.6) is 0 Å². The molecule has 2 aliphatic heterocycles. The molecule has 0 radical (unpaired) electrons. The van der Waals surface area contributed by atoms with E-state index in [1.807, 2.05) is 6.07 Å². The molecule has 23 heavy (non-hydrogen) atoms. The van der Waals surface area contributed by atoms with Crippen molar-refractivity contribution < 1.29 is 4.79 Å². The van der Waals surface area contributed by atoms with Crippen LogP contribution in [-0.2, 0) is 4.79 Å². The molecule has 1 amide bonds. The number of halogens is 1. The summed E-state index contributed by atoms with van der Waals surface area (Å²) in [5, 5.41) is 16.0. The fourth-order valence-electron chi connectivity index (χ4n) is 2.23. The Morgan fingerprint density at radius 2 is 2.22 bits per heavy atom. The van der Waals surface area contributed by atoms with Gasteiger partial charge in [-0.2, -0.15) is 15.1 Å². The summed E-state index contributed by atoms with van der Waals surface area (Å²) in [4.78, 5) is 16.3. The van der Waals surface area contributed by atoms with E-state index in [9.17, 15) is 4.79 Å². The number of amides is 1. The fraction of sp³-hybridized carbons (Fsp3) is 0.250. The van der Waals surface area contributed by atoms with E-state index in [1.165, 1.54) is 16.8 Å². The zero-order chi connectivity index (χ0) is 16.6. The van der Waals surface area contributed by atoms with Gasteiger partial charge in [0.05, 0.1) is 5.57 Å². The van der Waals surface area contributed by atoms with E-state index in [-0.39, 0.29) is 11.4 Å². The summed E-state index contributed by atoms with van der Waals surface area (Å²) in [5.41, 5.74) is 0.966. The number of benzene rings is 1. The average Bonchev–Trinajstić information content (AvgIpc) is 2.85. The first-order valence-electron chi connectivity index (χ1n) is 7.18. The Morgan fingerprint density at radius 3 is 2.91 bits per heavy atom. The zero-order valence-corrected chi connectivity index (χ0v) is 14.3. The predicted octanol–water partition coefficient (Wildman–Crippen LogP) is 4.01. The van der Waals surface area contributed by atoms with Crippen LogP contribution in [0.4, 0.5) is 0 Å². The molecule has 0 fully saturated rings. The molecule has 2 heterocycles. The lowest BCUT2D eigenvalue weighted by Gasteiger charge is -2.20. The molecular formula is C16H15ClN4OS. The van der Waals surface area contributed by atoms with Crippen molar-refractivity contribution in [2.45, 2.75) is 20.3 Å². The minimum absolute atomic E-state index is 0.0474. The molecule has 0 spiro atoms. The van der Waals surface area contributed by atoms with Crippen LogP contribution in [0.25, 0.3) is 6.08 Å². The third-order valence-corrected chi connectivity index (χ3v) is 4.40. The number of nitrogens with zero attached hydrogens (tertiary/aromatic N) is 3. The van der Waals surface area contributed by atoms with Gasteiger partial charge in [0.1, 0.15) is 5.04 Å². The molecule has 3 rings (SSSR count). The Labute approximate surface area is 143 Å². The van der Waals surface area contributed by atoms with Crippen molar-refractivity contribution in [3.05, 3.63) is 40.4 Å². The quantitative estimate of drug-likeness (QED) is 0.841. The molecule has 1 N–H and O–H groups in total. The Bertz CT molecular complexity index is 782. The van der Waals surface area contributed by atoms with Crippen LogP contribution in [0.2, 0.25) is 5.02 Å². The number of hydrogen-bond acceptors (Lipinski definition) is 4. The van der Waals surface area contributed by atoms with Crippen LogP contribution in [0.15, 0.2) is 39.9 Å². The van der Waals surface area contributed by atoms with Gasteiger partial charge < -0.3 is 0 Å². The van der Waals surface area contributed by atoms with Crippen LogP contribution in [0.1, 0.15) is 25.8 Å². The SMILES string of the molecule is CC(C)CC1=NN2C(=N)/C(=C/c3cccc(Cl)c3)C(=O)N=C2S1. The minimum Gasteiger partial charge on any atom is -0.282 e. The largest absolute Gasteiger partial charge is 0.283 e. The van der Waals surface area contributed by atoms with Crippen molar-refractivity contribution in [1.29, 1.82) is 5.41 Å². The second-order valence-electron chi connectivity index (χ2n) is 5.67. The number of aliphatic imine (C=N–C) groups is 1. The maximum Gasteiger partial charge on any atom is 0.283 e. The summed E-state index contributed by atoms with van der Waals surface area (Å²) in [7, 11) is 0. The van der Waals surface area contributed by atoms with E-state index in [0.717, 1.165) is 17.0 Å². The molecule has 0 saturated carbocycles. The van der Waals surface area contributed by atoms with Gasteiger partial charge in [0.2, 0.25) is 5.17 Å². The number of thioether (sulfide) groups is 1. The highest BCUT2D eigenvalue weighted by molar-refractivity contribution is 8.26. The summed E-state index contributed by atoms with van der Waals surface area (Å²) in [6.07, 6.45) is 2.42. The van der Waals surface area contributed by atoms with Gasteiger partial charge in [0, 0.05) is 11.4 Å². The highest BCUT2D eigenvalue weighted by Crippen LogP contribution is 2.30. The highest BCUT2D eigenvalue weighted by Gasteiger charge is 2.35. The first-order chi connectivity index (χ1) is 10.9. The number of nitrogens with one attached hydrogen (secondary N) is 1. The van der Waals surface area contributed by atoms with Gasteiger partial charge in [0.15, 0.2) is 5.84 Å². The minimum atomic E-state index is -0.422. The summed E-state index contributed by atoms with van der Waals surface area (Å²) in [6, 6.07) is 7.11. The molecule has 5 nitrogen and oxygen atoms in total. The molecule has 1 aromatic rings. The molecule has 1 aromatic carbocycles. The summed E-state index contributed by atoms with van der Waals surface area (Å²) < 4.78 is 0. The van der Waals surface area contributed by atoms with Crippen LogP contribution in [-0.4, -0.2) is 27.0 Å². The molecule has 0 atom stereocenters. The summed E-state index contributed by atoms with van der Waals surface area (Å²) in [6.45, 7) is 4.20. The maximum absolute atomic E-state index is 12.2. The van der Waals surface area contributed by atoms with Crippen LogP contribution in [0, 0.1) is 11.3 Å². The van der Waals surface area contributed by atoms with Gasteiger partial charge in [-0.3, -0.25) is 10.2 Å². The molecule has 7 heteroatoms. The Morgan fingerprint density at radius 1 is 1.43 bits per heavy atom. The Balaban J connectivity index is 1.93. The van der Waals surface area contributed by atoms with Gasteiger partial charge in [-0.05, 0) is 41.5 Å². The summed E-state index contributed by atoms with van der Waals surface area (Å²) >= 11 is 7.32. The number of fused-ring (bicyclic) bond motifs is 1. The molecule has 0 bridgehead atoms. The van der Waals surface area contributed by atoms with E-state index < -0.39 is 5.91 Å². The third-order valence-electron chi connectivity index (χ3n) is 3.24. The van der Waals surface area contributed by atoms with Gasteiger partial charge in [-0.15, -0.1) is 0 Å². The van der Waals surface area contributed by atoms with Crippen molar-refractivity contribution in [2.75, 3.05) is 0 Å². The first-order valence-corrected chi connectivity index (χ1v) is 8.38. The third kappa shape index (κ3) is 3.38. The summed E-state index contributed by atoms with van der Waals surface area (Å²) in [5.74, 6) is 0.0792. The van der Waals surface area contributed by atoms with Crippen molar-refractivity contribution in [3.8, 4) is 0 Å². The molecule has 0 unspecified atom stereocenters.